The number of aliphatic hydroxyl groups excluding tert-OH is 1. The van der Waals surface area contributed by atoms with Crippen molar-refractivity contribution in [1.29, 1.82) is 0 Å². The number of amides is 1. The Labute approximate surface area is 129 Å². The van der Waals surface area contributed by atoms with Gasteiger partial charge in [-0.05, 0) is 12.1 Å². The zero-order valence-corrected chi connectivity index (χ0v) is 12.4. The van der Waals surface area contributed by atoms with Crippen LogP contribution in [0.2, 0.25) is 10.0 Å². The number of rotatable bonds is 5. The molecule has 0 atom stereocenters. The maximum atomic E-state index is 12.4. The second-order valence-corrected chi connectivity index (χ2v) is 4.85. The van der Waals surface area contributed by atoms with Gasteiger partial charge in [-0.3, -0.25) is 4.79 Å². The largest absolute Gasteiger partial charge is 0.494 e. The van der Waals surface area contributed by atoms with Gasteiger partial charge in [0.15, 0.2) is 5.75 Å². The van der Waals surface area contributed by atoms with Gasteiger partial charge in [-0.25, -0.2) is 0 Å². The molecule has 0 saturated carbocycles. The number of alkyl halides is 3. The van der Waals surface area contributed by atoms with Gasteiger partial charge < -0.3 is 14.7 Å². The summed E-state index contributed by atoms with van der Waals surface area (Å²) < 4.78 is 42.2. The maximum Gasteiger partial charge on any atom is 0.406 e. The second kappa shape index (κ2) is 7.20. The van der Waals surface area contributed by atoms with E-state index in [0.717, 1.165) is 12.1 Å². The highest BCUT2D eigenvalue weighted by atomic mass is 35.5. The average molecular weight is 346 g/mol. The molecule has 21 heavy (non-hydrogen) atoms. The monoisotopic (exact) mass is 345 g/mol. The van der Waals surface area contributed by atoms with Crippen molar-refractivity contribution < 1.29 is 27.8 Å². The van der Waals surface area contributed by atoms with Crippen molar-refractivity contribution in [2.75, 3.05) is 26.8 Å². The first-order valence-corrected chi connectivity index (χ1v) is 6.45. The summed E-state index contributed by atoms with van der Waals surface area (Å²) in [6, 6.07) is 2.32. The first-order valence-electron chi connectivity index (χ1n) is 5.69. The number of ether oxygens (including phenoxy) is 1. The first-order chi connectivity index (χ1) is 9.69. The van der Waals surface area contributed by atoms with Crippen LogP contribution in [0, 0.1) is 0 Å². The Kier molecular flexibility index (Phi) is 6.12. The molecule has 1 aromatic rings. The van der Waals surface area contributed by atoms with E-state index in [9.17, 15) is 18.0 Å². The van der Waals surface area contributed by atoms with Crippen LogP contribution >= 0.6 is 23.2 Å². The fourth-order valence-electron chi connectivity index (χ4n) is 1.65. The fourth-order valence-corrected chi connectivity index (χ4v) is 2.29. The van der Waals surface area contributed by atoms with Crippen LogP contribution in [-0.2, 0) is 0 Å². The molecule has 1 aromatic carbocycles. The average Bonchev–Trinajstić information content (AvgIpc) is 2.35. The van der Waals surface area contributed by atoms with Crippen LogP contribution in [-0.4, -0.2) is 48.9 Å². The quantitative estimate of drug-likeness (QED) is 0.892. The molecule has 1 N–H and O–H groups in total. The van der Waals surface area contributed by atoms with Crippen LogP contribution in [0.3, 0.4) is 0 Å². The van der Waals surface area contributed by atoms with E-state index in [-0.39, 0.29) is 21.4 Å². The Morgan fingerprint density at radius 2 is 1.86 bits per heavy atom. The molecule has 0 bridgehead atoms. The van der Waals surface area contributed by atoms with Gasteiger partial charge in [-0.15, -0.1) is 0 Å². The zero-order valence-electron chi connectivity index (χ0n) is 10.9. The summed E-state index contributed by atoms with van der Waals surface area (Å²) in [6.07, 6.45) is -4.58. The van der Waals surface area contributed by atoms with Crippen LogP contribution < -0.4 is 4.74 Å². The SMILES string of the molecule is COc1c(Cl)cc(C(=O)N(CCO)CC(F)(F)F)cc1Cl. The van der Waals surface area contributed by atoms with E-state index in [1.165, 1.54) is 7.11 Å². The number of halogens is 5. The van der Waals surface area contributed by atoms with Gasteiger partial charge in [0, 0.05) is 12.1 Å². The van der Waals surface area contributed by atoms with Gasteiger partial charge in [0.05, 0.1) is 23.8 Å². The predicted octanol–water partition coefficient (Wildman–Crippen LogP) is 3.00. The molecule has 1 amide bonds. The minimum atomic E-state index is -4.58. The first kappa shape index (κ1) is 17.9. The minimum Gasteiger partial charge on any atom is -0.494 e. The van der Waals surface area contributed by atoms with E-state index in [0.29, 0.717) is 4.90 Å². The molecular weight excluding hydrogens is 334 g/mol. The number of hydrogen-bond acceptors (Lipinski definition) is 3. The summed E-state index contributed by atoms with van der Waals surface area (Å²) in [5, 5.41) is 8.80. The van der Waals surface area contributed by atoms with E-state index in [2.05, 4.69) is 0 Å². The van der Waals surface area contributed by atoms with Gasteiger partial charge in [-0.2, -0.15) is 13.2 Å². The summed E-state index contributed by atoms with van der Waals surface area (Å²) >= 11 is 11.7. The molecule has 118 valence electrons. The van der Waals surface area contributed by atoms with Crippen molar-refractivity contribution in [2.45, 2.75) is 6.18 Å². The van der Waals surface area contributed by atoms with E-state index >= 15 is 0 Å². The molecule has 0 heterocycles. The lowest BCUT2D eigenvalue weighted by atomic mass is 10.2. The molecule has 0 fully saturated rings. The molecule has 0 spiro atoms. The Morgan fingerprint density at radius 3 is 2.24 bits per heavy atom. The second-order valence-electron chi connectivity index (χ2n) is 4.04. The van der Waals surface area contributed by atoms with E-state index in [4.69, 9.17) is 33.0 Å². The third-order valence-electron chi connectivity index (χ3n) is 2.48. The van der Waals surface area contributed by atoms with Crippen molar-refractivity contribution in [3.63, 3.8) is 0 Å². The number of methoxy groups -OCH3 is 1. The van der Waals surface area contributed by atoms with Crippen LogP contribution in [0.25, 0.3) is 0 Å². The van der Waals surface area contributed by atoms with Gasteiger partial charge in [-0.1, -0.05) is 23.2 Å². The van der Waals surface area contributed by atoms with Gasteiger partial charge in [0.1, 0.15) is 6.54 Å². The summed E-state index contributed by atoms with van der Waals surface area (Å²) in [5.41, 5.74) is -0.122. The Bertz CT molecular complexity index is 500. The summed E-state index contributed by atoms with van der Waals surface area (Å²) in [6.45, 7) is -2.54. The fraction of sp³-hybridized carbons (Fsp3) is 0.417. The van der Waals surface area contributed by atoms with Crippen molar-refractivity contribution in [3.8, 4) is 5.75 Å². The third kappa shape index (κ3) is 4.94. The topological polar surface area (TPSA) is 49.8 Å². The Balaban J connectivity index is 3.09. The van der Waals surface area contributed by atoms with Crippen molar-refractivity contribution in [2.24, 2.45) is 0 Å². The molecule has 0 unspecified atom stereocenters. The highest BCUT2D eigenvalue weighted by Gasteiger charge is 2.33. The van der Waals surface area contributed by atoms with Crippen LogP contribution in [0.4, 0.5) is 13.2 Å². The van der Waals surface area contributed by atoms with E-state index in [1.54, 1.807) is 0 Å². The molecule has 9 heteroatoms. The molecule has 4 nitrogen and oxygen atoms in total. The van der Waals surface area contributed by atoms with Crippen molar-refractivity contribution in [3.05, 3.63) is 27.7 Å². The van der Waals surface area contributed by atoms with E-state index in [1.807, 2.05) is 0 Å². The summed E-state index contributed by atoms with van der Waals surface area (Å²) in [4.78, 5) is 12.5. The lowest BCUT2D eigenvalue weighted by molar-refractivity contribution is -0.141. The summed E-state index contributed by atoms with van der Waals surface area (Å²) in [5.74, 6) is -0.813. The number of benzene rings is 1. The van der Waals surface area contributed by atoms with E-state index < -0.39 is 31.8 Å². The summed E-state index contributed by atoms with van der Waals surface area (Å²) in [7, 11) is 1.32. The molecule has 1 rings (SSSR count). The third-order valence-corrected chi connectivity index (χ3v) is 3.04. The lowest BCUT2D eigenvalue weighted by Crippen LogP contribution is -2.40. The van der Waals surface area contributed by atoms with Gasteiger partial charge in [0.2, 0.25) is 0 Å². The lowest BCUT2D eigenvalue weighted by Gasteiger charge is -2.23. The number of nitrogens with zero attached hydrogens (tertiary/aromatic N) is 1. The van der Waals surface area contributed by atoms with Crippen LogP contribution in [0.1, 0.15) is 10.4 Å². The van der Waals surface area contributed by atoms with Crippen molar-refractivity contribution >= 4 is 29.1 Å². The number of aliphatic hydroxyl groups is 1. The Hall–Kier alpha value is -1.18. The molecular formula is C12H12Cl2F3NO3. The zero-order chi connectivity index (χ0) is 16.2. The smallest absolute Gasteiger partial charge is 0.406 e. The van der Waals surface area contributed by atoms with Crippen LogP contribution in [0.5, 0.6) is 5.75 Å². The van der Waals surface area contributed by atoms with Gasteiger partial charge in [0.25, 0.3) is 5.91 Å². The molecule has 0 aliphatic heterocycles. The number of hydrogen-bond donors (Lipinski definition) is 1. The van der Waals surface area contributed by atoms with Crippen molar-refractivity contribution in [1.82, 2.24) is 4.90 Å². The van der Waals surface area contributed by atoms with Gasteiger partial charge >= 0.3 is 6.18 Å². The number of carbonyl (C=O) groups is 1. The maximum absolute atomic E-state index is 12.4. The standard InChI is InChI=1S/C12H12Cl2F3NO3/c1-21-10-8(13)4-7(5-9(10)14)11(20)18(2-3-19)6-12(15,16)17/h4-5,19H,2-3,6H2,1H3. The molecule has 0 radical (unpaired) electrons. The minimum absolute atomic E-state index is 0.00399. The molecule has 0 aromatic heterocycles. The highest BCUT2D eigenvalue weighted by molar-refractivity contribution is 6.37. The Morgan fingerprint density at radius 1 is 1.33 bits per heavy atom. The normalized spacial score (nSPS) is 11.4. The molecule has 0 aliphatic carbocycles. The molecule has 0 saturated heterocycles. The highest BCUT2D eigenvalue weighted by Crippen LogP contribution is 2.34. The molecule has 0 aliphatic rings. The predicted molar refractivity (Wildman–Crippen MR) is 72.1 cm³/mol. The van der Waals surface area contributed by atoms with Crippen LogP contribution in [0.15, 0.2) is 12.1 Å². The number of carbonyl (C=O) groups excluding carboxylic acids is 1.